The lowest BCUT2D eigenvalue weighted by Crippen LogP contribution is -1.95. The first-order valence-electron chi connectivity index (χ1n) is 3.35. The molecule has 1 rings (SSSR count). The van der Waals surface area contributed by atoms with Gasteiger partial charge in [0.25, 0.3) is 0 Å². The molecule has 0 aliphatic carbocycles. The summed E-state index contributed by atoms with van der Waals surface area (Å²) in [5, 5.41) is 17.4. The van der Waals surface area contributed by atoms with Crippen molar-refractivity contribution in [2.24, 2.45) is 0 Å². The normalized spacial score (nSPS) is 11.8. The SMILES string of the molecule is COc1ccc(C(O)C#N)cn1. The molecular weight excluding hydrogens is 156 g/mol. The number of hydrogen-bond acceptors (Lipinski definition) is 4. The maximum absolute atomic E-state index is 9.05. The lowest BCUT2D eigenvalue weighted by molar-refractivity contribution is 0.235. The molecule has 62 valence electrons. The van der Waals surface area contributed by atoms with E-state index >= 15 is 0 Å². The van der Waals surface area contributed by atoms with Gasteiger partial charge in [-0.2, -0.15) is 5.26 Å². The van der Waals surface area contributed by atoms with Crippen molar-refractivity contribution in [3.8, 4) is 11.9 Å². The van der Waals surface area contributed by atoms with Crippen LogP contribution in [0.25, 0.3) is 0 Å². The summed E-state index contributed by atoms with van der Waals surface area (Å²) in [6.45, 7) is 0. The molecule has 1 N–H and O–H groups in total. The van der Waals surface area contributed by atoms with Gasteiger partial charge in [0.05, 0.1) is 13.2 Å². The van der Waals surface area contributed by atoms with E-state index in [2.05, 4.69) is 4.98 Å². The van der Waals surface area contributed by atoms with E-state index in [0.29, 0.717) is 11.4 Å². The first kappa shape index (κ1) is 8.50. The Morgan fingerprint density at radius 2 is 2.42 bits per heavy atom. The summed E-state index contributed by atoms with van der Waals surface area (Å²) >= 11 is 0. The third-order valence-corrected chi connectivity index (χ3v) is 1.41. The number of ether oxygens (including phenoxy) is 1. The van der Waals surface area contributed by atoms with Gasteiger partial charge in [0.15, 0.2) is 6.10 Å². The van der Waals surface area contributed by atoms with Crippen molar-refractivity contribution in [1.82, 2.24) is 4.98 Å². The van der Waals surface area contributed by atoms with E-state index in [1.165, 1.54) is 13.3 Å². The highest BCUT2D eigenvalue weighted by atomic mass is 16.5. The van der Waals surface area contributed by atoms with Crippen LogP contribution in [0.1, 0.15) is 11.7 Å². The monoisotopic (exact) mass is 164 g/mol. The summed E-state index contributed by atoms with van der Waals surface area (Å²) < 4.78 is 4.81. The summed E-state index contributed by atoms with van der Waals surface area (Å²) in [6, 6.07) is 4.88. The van der Waals surface area contributed by atoms with Gasteiger partial charge in [-0.25, -0.2) is 4.98 Å². The Bertz CT molecular complexity index is 289. The van der Waals surface area contributed by atoms with E-state index in [1.54, 1.807) is 18.2 Å². The minimum atomic E-state index is -1.11. The second-order valence-corrected chi connectivity index (χ2v) is 2.17. The number of nitriles is 1. The van der Waals surface area contributed by atoms with Crippen LogP contribution in [0.2, 0.25) is 0 Å². The summed E-state index contributed by atoms with van der Waals surface area (Å²) in [7, 11) is 1.50. The molecule has 4 heteroatoms. The maximum Gasteiger partial charge on any atom is 0.212 e. The van der Waals surface area contributed by atoms with Crippen molar-refractivity contribution in [1.29, 1.82) is 5.26 Å². The number of rotatable bonds is 2. The molecular formula is C8H8N2O2. The number of nitrogens with zero attached hydrogens (tertiary/aromatic N) is 2. The molecule has 0 spiro atoms. The molecule has 0 amide bonds. The van der Waals surface area contributed by atoms with Gasteiger partial charge in [-0.3, -0.25) is 0 Å². The Hall–Kier alpha value is -1.60. The van der Waals surface area contributed by atoms with Crippen molar-refractivity contribution < 1.29 is 9.84 Å². The summed E-state index contributed by atoms with van der Waals surface area (Å²) in [5.41, 5.74) is 0.471. The Kier molecular flexibility index (Phi) is 2.62. The number of hydrogen-bond donors (Lipinski definition) is 1. The zero-order chi connectivity index (χ0) is 8.97. The molecule has 4 nitrogen and oxygen atoms in total. The third-order valence-electron chi connectivity index (χ3n) is 1.41. The molecule has 0 aromatic carbocycles. The number of aliphatic hydroxyl groups excluding tert-OH is 1. The molecule has 1 aromatic rings. The molecule has 0 aliphatic rings. The van der Waals surface area contributed by atoms with E-state index in [0.717, 1.165) is 0 Å². The van der Waals surface area contributed by atoms with Crippen LogP contribution in [0, 0.1) is 11.3 Å². The molecule has 1 aromatic heterocycles. The number of methoxy groups -OCH3 is 1. The van der Waals surface area contributed by atoms with Crippen molar-refractivity contribution >= 4 is 0 Å². The standard InChI is InChI=1S/C8H8N2O2/c1-12-8-3-2-6(5-10-8)7(11)4-9/h2-3,5,7,11H,1H3. The van der Waals surface area contributed by atoms with Crippen molar-refractivity contribution in [3.05, 3.63) is 23.9 Å². The Morgan fingerprint density at radius 3 is 2.83 bits per heavy atom. The largest absolute Gasteiger partial charge is 0.481 e. The Balaban J connectivity index is 2.86. The average molecular weight is 164 g/mol. The molecule has 0 saturated carbocycles. The summed E-state index contributed by atoms with van der Waals surface area (Å²) in [4.78, 5) is 3.83. The summed E-state index contributed by atoms with van der Waals surface area (Å²) in [6.07, 6.45) is 0.301. The van der Waals surface area contributed by atoms with E-state index in [9.17, 15) is 0 Å². The predicted octanol–water partition coefficient (Wildman–Crippen LogP) is 0.647. The van der Waals surface area contributed by atoms with Crippen LogP contribution in [0.4, 0.5) is 0 Å². The fourth-order valence-electron chi connectivity index (χ4n) is 0.749. The van der Waals surface area contributed by atoms with Gasteiger partial charge in [-0.1, -0.05) is 0 Å². The van der Waals surface area contributed by atoms with Crippen LogP contribution in [0.5, 0.6) is 5.88 Å². The lowest BCUT2D eigenvalue weighted by Gasteiger charge is -2.01. The van der Waals surface area contributed by atoms with Crippen LogP contribution in [0.3, 0.4) is 0 Å². The number of pyridine rings is 1. The van der Waals surface area contributed by atoms with Crippen molar-refractivity contribution in [2.45, 2.75) is 6.10 Å². The van der Waals surface area contributed by atoms with Gasteiger partial charge >= 0.3 is 0 Å². The van der Waals surface area contributed by atoms with Crippen molar-refractivity contribution in [3.63, 3.8) is 0 Å². The van der Waals surface area contributed by atoms with Gasteiger partial charge in [0.1, 0.15) is 0 Å². The molecule has 1 heterocycles. The highest BCUT2D eigenvalue weighted by Gasteiger charge is 2.04. The van der Waals surface area contributed by atoms with E-state index in [1.807, 2.05) is 0 Å². The average Bonchev–Trinajstić information content (AvgIpc) is 2.17. The van der Waals surface area contributed by atoms with Gasteiger partial charge in [0, 0.05) is 17.8 Å². The zero-order valence-electron chi connectivity index (χ0n) is 6.56. The smallest absolute Gasteiger partial charge is 0.212 e. The number of aromatic nitrogens is 1. The molecule has 0 aliphatic heterocycles. The van der Waals surface area contributed by atoms with Crippen LogP contribution in [-0.4, -0.2) is 17.2 Å². The number of aliphatic hydroxyl groups is 1. The Labute approximate surface area is 70.0 Å². The van der Waals surface area contributed by atoms with E-state index < -0.39 is 6.10 Å². The van der Waals surface area contributed by atoms with Crippen LogP contribution >= 0.6 is 0 Å². The Morgan fingerprint density at radius 1 is 1.67 bits per heavy atom. The highest BCUT2D eigenvalue weighted by molar-refractivity contribution is 5.22. The van der Waals surface area contributed by atoms with Gasteiger partial charge < -0.3 is 9.84 Å². The molecule has 0 saturated heterocycles. The molecule has 0 fully saturated rings. The molecule has 1 atom stereocenters. The second kappa shape index (κ2) is 3.69. The molecule has 0 bridgehead atoms. The first-order valence-corrected chi connectivity index (χ1v) is 3.35. The van der Waals surface area contributed by atoms with E-state index in [4.69, 9.17) is 15.1 Å². The second-order valence-electron chi connectivity index (χ2n) is 2.17. The van der Waals surface area contributed by atoms with Gasteiger partial charge in [-0.15, -0.1) is 0 Å². The summed E-state index contributed by atoms with van der Waals surface area (Å²) in [5.74, 6) is 0.462. The third kappa shape index (κ3) is 1.71. The fourth-order valence-corrected chi connectivity index (χ4v) is 0.749. The van der Waals surface area contributed by atoms with Gasteiger partial charge in [0.2, 0.25) is 5.88 Å². The molecule has 0 radical (unpaired) electrons. The van der Waals surface area contributed by atoms with E-state index in [-0.39, 0.29) is 0 Å². The van der Waals surface area contributed by atoms with Crippen LogP contribution in [-0.2, 0) is 0 Å². The lowest BCUT2D eigenvalue weighted by atomic mass is 10.2. The maximum atomic E-state index is 9.05. The fraction of sp³-hybridized carbons (Fsp3) is 0.250. The van der Waals surface area contributed by atoms with Gasteiger partial charge in [-0.05, 0) is 6.07 Å². The minimum Gasteiger partial charge on any atom is -0.481 e. The zero-order valence-corrected chi connectivity index (χ0v) is 6.56. The molecule has 12 heavy (non-hydrogen) atoms. The molecule has 1 unspecified atom stereocenters. The minimum absolute atomic E-state index is 0.462. The van der Waals surface area contributed by atoms with Crippen LogP contribution < -0.4 is 4.74 Å². The first-order chi connectivity index (χ1) is 5.77. The quantitative estimate of drug-likeness (QED) is 0.651. The van der Waals surface area contributed by atoms with Crippen LogP contribution in [0.15, 0.2) is 18.3 Å². The van der Waals surface area contributed by atoms with Crippen molar-refractivity contribution in [2.75, 3.05) is 7.11 Å². The predicted molar refractivity (Wildman–Crippen MR) is 41.4 cm³/mol. The highest BCUT2D eigenvalue weighted by Crippen LogP contribution is 2.13. The topological polar surface area (TPSA) is 66.1 Å².